The van der Waals surface area contributed by atoms with E-state index in [2.05, 4.69) is 15.2 Å². The van der Waals surface area contributed by atoms with Gasteiger partial charge >= 0.3 is 11.7 Å². The minimum absolute atomic E-state index is 0.128. The lowest BCUT2D eigenvalue weighted by molar-refractivity contribution is -0.145. The molecular formula is C7H9N3O3. The van der Waals surface area contributed by atoms with Gasteiger partial charge in [0.1, 0.15) is 5.82 Å². The van der Waals surface area contributed by atoms with Crippen LogP contribution >= 0.6 is 0 Å². The highest BCUT2D eigenvalue weighted by Crippen LogP contribution is 2.40. The van der Waals surface area contributed by atoms with Crippen LogP contribution in [-0.4, -0.2) is 26.3 Å². The molecule has 1 fully saturated rings. The highest BCUT2D eigenvalue weighted by Gasteiger charge is 2.39. The molecule has 0 spiro atoms. The Morgan fingerprint density at radius 3 is 2.69 bits per heavy atom. The molecule has 70 valence electrons. The van der Waals surface area contributed by atoms with Crippen molar-refractivity contribution < 1.29 is 9.90 Å². The van der Waals surface area contributed by atoms with Gasteiger partial charge in [-0.15, -0.1) is 0 Å². The molecule has 2 atom stereocenters. The first-order valence-corrected chi connectivity index (χ1v) is 4.06. The maximum absolute atomic E-state index is 10.7. The fourth-order valence-corrected chi connectivity index (χ4v) is 1.58. The summed E-state index contributed by atoms with van der Waals surface area (Å²) in [5.74, 6) is -0.876. The first-order chi connectivity index (χ1) is 6.18. The molecule has 0 radical (unpaired) electrons. The molecule has 0 aliphatic heterocycles. The van der Waals surface area contributed by atoms with Crippen molar-refractivity contribution in [3.63, 3.8) is 0 Å². The normalized spacial score (nSPS) is 26.8. The van der Waals surface area contributed by atoms with Crippen LogP contribution in [0.1, 0.15) is 24.6 Å². The van der Waals surface area contributed by atoms with Crippen LogP contribution < -0.4 is 5.69 Å². The van der Waals surface area contributed by atoms with Gasteiger partial charge in [-0.1, -0.05) is 0 Å². The van der Waals surface area contributed by atoms with Crippen molar-refractivity contribution in [2.24, 2.45) is 5.92 Å². The minimum atomic E-state index is -0.819. The summed E-state index contributed by atoms with van der Waals surface area (Å²) < 4.78 is 0. The lowest BCUT2D eigenvalue weighted by atomic mass is 9.73. The maximum Gasteiger partial charge on any atom is 0.340 e. The average Bonchev–Trinajstić information content (AvgIpc) is 2.32. The van der Waals surface area contributed by atoms with Gasteiger partial charge in [-0.05, 0) is 12.8 Å². The molecule has 0 saturated heterocycles. The number of carbonyl (C=O) groups is 1. The topological polar surface area (TPSA) is 98.8 Å². The summed E-state index contributed by atoms with van der Waals surface area (Å²) in [6.45, 7) is 0. The highest BCUT2D eigenvalue weighted by atomic mass is 16.4. The molecule has 1 aliphatic carbocycles. The average molecular weight is 183 g/mol. The molecule has 1 saturated carbocycles. The number of aromatic amines is 2. The zero-order valence-electron chi connectivity index (χ0n) is 6.78. The van der Waals surface area contributed by atoms with E-state index in [1.165, 1.54) is 0 Å². The summed E-state index contributed by atoms with van der Waals surface area (Å²) in [4.78, 5) is 23.8. The van der Waals surface area contributed by atoms with Crippen molar-refractivity contribution in [1.82, 2.24) is 15.2 Å². The van der Waals surface area contributed by atoms with Crippen molar-refractivity contribution >= 4 is 5.97 Å². The maximum atomic E-state index is 10.7. The van der Waals surface area contributed by atoms with Gasteiger partial charge < -0.3 is 5.11 Å². The van der Waals surface area contributed by atoms with E-state index in [-0.39, 0.29) is 17.5 Å². The van der Waals surface area contributed by atoms with E-state index in [0.717, 1.165) is 6.42 Å². The fourth-order valence-electron chi connectivity index (χ4n) is 1.58. The number of rotatable bonds is 2. The van der Waals surface area contributed by atoms with Crippen LogP contribution in [0.2, 0.25) is 0 Å². The lowest BCUT2D eigenvalue weighted by Crippen LogP contribution is -2.31. The number of carboxylic acids is 1. The van der Waals surface area contributed by atoms with E-state index in [0.29, 0.717) is 12.2 Å². The van der Waals surface area contributed by atoms with E-state index in [4.69, 9.17) is 5.11 Å². The summed E-state index contributed by atoms with van der Waals surface area (Å²) >= 11 is 0. The molecule has 0 aromatic carbocycles. The minimum Gasteiger partial charge on any atom is -0.481 e. The third-order valence-corrected chi connectivity index (χ3v) is 2.46. The van der Waals surface area contributed by atoms with E-state index in [1.807, 2.05) is 0 Å². The van der Waals surface area contributed by atoms with Gasteiger partial charge in [-0.2, -0.15) is 5.10 Å². The van der Waals surface area contributed by atoms with Crippen molar-refractivity contribution in [3.8, 4) is 0 Å². The van der Waals surface area contributed by atoms with Crippen LogP contribution in [0, 0.1) is 5.92 Å². The van der Waals surface area contributed by atoms with Crippen LogP contribution in [0.5, 0.6) is 0 Å². The van der Waals surface area contributed by atoms with Gasteiger partial charge in [0.05, 0.1) is 5.92 Å². The Balaban J connectivity index is 2.19. The fraction of sp³-hybridized carbons (Fsp3) is 0.571. The molecule has 1 aliphatic rings. The van der Waals surface area contributed by atoms with Crippen molar-refractivity contribution in [2.75, 3.05) is 0 Å². The number of carboxylic acid groups (broad SMARTS) is 1. The summed E-state index contributed by atoms with van der Waals surface area (Å²) in [7, 11) is 0. The standard InChI is InChI=1S/C7H9N3O3/c11-6(12)4-2-1-3(4)5-8-7(13)10-9-5/h3-4H,1-2H2,(H,11,12)(H2,8,9,10,13). The van der Waals surface area contributed by atoms with Gasteiger partial charge in [0.15, 0.2) is 0 Å². The lowest BCUT2D eigenvalue weighted by Gasteiger charge is -2.30. The summed E-state index contributed by atoms with van der Waals surface area (Å²) in [5.41, 5.74) is -0.383. The number of nitrogens with zero attached hydrogens (tertiary/aromatic N) is 1. The molecule has 1 heterocycles. The van der Waals surface area contributed by atoms with Crippen molar-refractivity contribution in [1.29, 1.82) is 0 Å². The SMILES string of the molecule is O=C(O)C1CCC1c1n[nH]c(=O)[nH]1. The molecule has 3 N–H and O–H groups in total. The van der Waals surface area contributed by atoms with Gasteiger partial charge in [0, 0.05) is 5.92 Å². The quantitative estimate of drug-likeness (QED) is 0.584. The summed E-state index contributed by atoms with van der Waals surface area (Å²) in [6.07, 6.45) is 1.44. The molecular weight excluding hydrogens is 174 g/mol. The van der Waals surface area contributed by atoms with E-state index >= 15 is 0 Å². The first kappa shape index (κ1) is 8.03. The Morgan fingerprint density at radius 1 is 1.54 bits per heavy atom. The summed E-state index contributed by atoms with van der Waals surface area (Å²) in [6, 6.07) is 0. The van der Waals surface area contributed by atoms with Crippen LogP contribution in [0.25, 0.3) is 0 Å². The van der Waals surface area contributed by atoms with Gasteiger partial charge in [-0.25, -0.2) is 9.89 Å². The zero-order chi connectivity index (χ0) is 9.42. The molecule has 2 unspecified atom stereocenters. The molecule has 6 heteroatoms. The Bertz CT molecular complexity index is 380. The second-order valence-corrected chi connectivity index (χ2v) is 3.19. The van der Waals surface area contributed by atoms with Crippen LogP contribution in [0.4, 0.5) is 0 Å². The van der Waals surface area contributed by atoms with E-state index < -0.39 is 5.97 Å². The number of aliphatic carboxylic acids is 1. The Hall–Kier alpha value is -1.59. The number of H-pyrrole nitrogens is 2. The second-order valence-electron chi connectivity index (χ2n) is 3.19. The molecule has 1 aromatic heterocycles. The summed E-state index contributed by atoms with van der Waals surface area (Å²) in [5, 5.41) is 14.7. The number of nitrogens with one attached hydrogen (secondary N) is 2. The Labute approximate surface area is 73.0 Å². The molecule has 1 aromatic rings. The molecule has 6 nitrogen and oxygen atoms in total. The third kappa shape index (κ3) is 1.24. The van der Waals surface area contributed by atoms with Crippen molar-refractivity contribution in [2.45, 2.75) is 18.8 Å². The number of hydrogen-bond acceptors (Lipinski definition) is 3. The van der Waals surface area contributed by atoms with Crippen LogP contribution in [0.15, 0.2) is 4.79 Å². The first-order valence-electron chi connectivity index (χ1n) is 4.06. The largest absolute Gasteiger partial charge is 0.481 e. The Morgan fingerprint density at radius 2 is 2.31 bits per heavy atom. The van der Waals surface area contributed by atoms with Gasteiger partial charge in [-0.3, -0.25) is 9.78 Å². The van der Waals surface area contributed by atoms with Crippen LogP contribution in [0.3, 0.4) is 0 Å². The van der Waals surface area contributed by atoms with E-state index in [1.54, 1.807) is 0 Å². The number of aromatic nitrogens is 3. The molecule has 13 heavy (non-hydrogen) atoms. The Kier molecular flexibility index (Phi) is 1.68. The van der Waals surface area contributed by atoms with Gasteiger partial charge in [0.25, 0.3) is 0 Å². The monoisotopic (exact) mass is 183 g/mol. The predicted molar refractivity (Wildman–Crippen MR) is 42.3 cm³/mol. The van der Waals surface area contributed by atoms with Crippen molar-refractivity contribution in [3.05, 3.63) is 16.3 Å². The van der Waals surface area contributed by atoms with Crippen LogP contribution in [-0.2, 0) is 4.79 Å². The molecule has 2 rings (SSSR count). The zero-order valence-corrected chi connectivity index (χ0v) is 6.78. The smallest absolute Gasteiger partial charge is 0.340 e. The molecule has 0 amide bonds. The number of hydrogen-bond donors (Lipinski definition) is 3. The third-order valence-electron chi connectivity index (χ3n) is 2.46. The van der Waals surface area contributed by atoms with Gasteiger partial charge in [0.2, 0.25) is 0 Å². The molecule has 0 bridgehead atoms. The predicted octanol–water partition coefficient (Wildman–Crippen LogP) is -0.324. The van der Waals surface area contributed by atoms with E-state index in [9.17, 15) is 9.59 Å². The highest BCUT2D eigenvalue weighted by molar-refractivity contribution is 5.72. The second kappa shape index (κ2) is 2.72.